The van der Waals surface area contributed by atoms with Gasteiger partial charge in [-0.15, -0.1) is 4.47 Å². The first-order valence-corrected chi connectivity index (χ1v) is 10.4. The van der Waals surface area contributed by atoms with Crippen LogP contribution >= 0.6 is 12.1 Å². The van der Waals surface area contributed by atoms with E-state index in [1.165, 1.54) is 25.6 Å². The van der Waals surface area contributed by atoms with Crippen LogP contribution in [-0.2, 0) is 14.3 Å². The first-order valence-electron chi connectivity index (χ1n) is 9.66. The molecule has 1 saturated heterocycles. The van der Waals surface area contributed by atoms with Crippen LogP contribution in [0.1, 0.15) is 32.1 Å². The number of methoxy groups -OCH3 is 1. The van der Waals surface area contributed by atoms with Crippen molar-refractivity contribution in [3.63, 3.8) is 0 Å². The van der Waals surface area contributed by atoms with E-state index in [0.29, 0.717) is 25.5 Å². The summed E-state index contributed by atoms with van der Waals surface area (Å²) in [5, 5.41) is 12.9. The maximum atomic E-state index is 11.2. The highest BCUT2D eigenvalue weighted by molar-refractivity contribution is 7.94. The first kappa shape index (κ1) is 21.8. The van der Waals surface area contributed by atoms with Crippen molar-refractivity contribution in [1.29, 1.82) is 0 Å². The summed E-state index contributed by atoms with van der Waals surface area (Å²) in [4.78, 5) is 21.7. The summed E-state index contributed by atoms with van der Waals surface area (Å²) in [5.41, 5.74) is 6.66. The number of carbonyl (C=O) groups is 1. The fraction of sp³-hybridized carbons (Fsp3) is 0.706. The molecule has 1 aromatic rings. The zero-order chi connectivity index (χ0) is 20.8. The van der Waals surface area contributed by atoms with Crippen molar-refractivity contribution in [2.24, 2.45) is 0 Å². The molecule has 11 nitrogen and oxygen atoms in total. The summed E-state index contributed by atoms with van der Waals surface area (Å²) >= 11 is 1.24. The molecular weight excluding hydrogens is 398 g/mol. The van der Waals surface area contributed by atoms with Crippen LogP contribution in [0.2, 0.25) is 0 Å². The van der Waals surface area contributed by atoms with Crippen LogP contribution in [0.5, 0.6) is 0 Å². The van der Waals surface area contributed by atoms with Crippen molar-refractivity contribution in [3.05, 3.63) is 6.33 Å². The Hall–Kier alpha value is -1.86. The van der Waals surface area contributed by atoms with Crippen LogP contribution in [0.15, 0.2) is 6.33 Å². The van der Waals surface area contributed by atoms with E-state index in [2.05, 4.69) is 29.2 Å². The quantitative estimate of drug-likeness (QED) is 0.215. The van der Waals surface area contributed by atoms with Crippen molar-refractivity contribution >= 4 is 35.4 Å². The molecule has 0 saturated carbocycles. The standard InChI is InChI=1S/C17H29N7O4S/c1-22(26)29-23(8-4-3-5-14(25)27-2)9-12-6-7-13(28-12)24-11-21-15-16(18)19-10-20-17(15)24/h10,12-13,21,26H,3-9,11H2,1-2H3,(H2,18,19,20). The van der Waals surface area contributed by atoms with Gasteiger partial charge in [0, 0.05) is 38.7 Å². The molecular formula is C17H29N7O4S. The van der Waals surface area contributed by atoms with Gasteiger partial charge in [-0.2, -0.15) is 0 Å². The monoisotopic (exact) mass is 427 g/mol. The Kier molecular flexibility index (Phi) is 7.72. The van der Waals surface area contributed by atoms with E-state index in [9.17, 15) is 10.0 Å². The Morgan fingerprint density at radius 1 is 1.48 bits per heavy atom. The number of fused-ring (bicyclic) bond motifs is 1. The molecule has 0 aromatic carbocycles. The highest BCUT2D eigenvalue weighted by atomic mass is 32.2. The van der Waals surface area contributed by atoms with Gasteiger partial charge in [-0.1, -0.05) is 0 Å². The largest absolute Gasteiger partial charge is 0.469 e. The minimum atomic E-state index is -0.200. The number of ether oxygens (including phenoxy) is 2. The van der Waals surface area contributed by atoms with Crippen LogP contribution in [0.4, 0.5) is 17.3 Å². The predicted octanol–water partition coefficient (Wildman–Crippen LogP) is 1.28. The van der Waals surface area contributed by atoms with Gasteiger partial charge in [0.25, 0.3) is 0 Å². The zero-order valence-electron chi connectivity index (χ0n) is 16.8. The molecule has 2 aliphatic rings. The molecule has 29 heavy (non-hydrogen) atoms. The Morgan fingerprint density at radius 2 is 2.31 bits per heavy atom. The average Bonchev–Trinajstić information content (AvgIpc) is 3.31. The van der Waals surface area contributed by atoms with E-state index in [-0.39, 0.29) is 18.3 Å². The van der Waals surface area contributed by atoms with E-state index in [1.807, 2.05) is 0 Å². The van der Waals surface area contributed by atoms with Crippen molar-refractivity contribution < 1.29 is 19.5 Å². The van der Waals surface area contributed by atoms with Crippen molar-refractivity contribution in [2.45, 2.75) is 44.4 Å². The zero-order valence-corrected chi connectivity index (χ0v) is 17.6. The van der Waals surface area contributed by atoms with Gasteiger partial charge in [0.2, 0.25) is 0 Å². The van der Waals surface area contributed by atoms with Crippen LogP contribution < -0.4 is 16.0 Å². The van der Waals surface area contributed by atoms with Gasteiger partial charge in [0.05, 0.1) is 19.9 Å². The molecule has 0 spiro atoms. The summed E-state index contributed by atoms with van der Waals surface area (Å²) in [6.45, 7) is 1.99. The first-order chi connectivity index (χ1) is 14.0. The second-order valence-electron chi connectivity index (χ2n) is 7.02. The lowest BCUT2D eigenvalue weighted by Gasteiger charge is -2.28. The van der Waals surface area contributed by atoms with E-state index in [0.717, 1.165) is 48.2 Å². The topological polar surface area (TPSA) is 129 Å². The van der Waals surface area contributed by atoms with E-state index >= 15 is 0 Å². The minimum Gasteiger partial charge on any atom is -0.469 e. The SMILES string of the molecule is COC(=O)CCCCN(CC1CCC(N2CNc3c(N)ncnc32)O1)SN(C)O. The van der Waals surface area contributed by atoms with Crippen LogP contribution in [-0.4, -0.2) is 76.2 Å². The second kappa shape index (κ2) is 10.3. The molecule has 3 rings (SSSR count). The van der Waals surface area contributed by atoms with Gasteiger partial charge in [-0.25, -0.2) is 14.3 Å². The third-order valence-corrected chi connectivity index (χ3v) is 5.69. The molecule has 12 heteroatoms. The van der Waals surface area contributed by atoms with E-state index < -0.39 is 0 Å². The lowest BCUT2D eigenvalue weighted by Crippen LogP contribution is -2.37. The summed E-state index contributed by atoms with van der Waals surface area (Å²) in [5.74, 6) is 1.01. The van der Waals surface area contributed by atoms with E-state index in [1.54, 1.807) is 7.05 Å². The molecule has 0 bridgehead atoms. The molecule has 2 aliphatic heterocycles. The Bertz CT molecular complexity index is 696. The van der Waals surface area contributed by atoms with Gasteiger partial charge in [-0.05, 0) is 25.7 Å². The molecule has 2 atom stereocenters. The Labute approximate surface area is 174 Å². The van der Waals surface area contributed by atoms with Crippen LogP contribution in [0.3, 0.4) is 0 Å². The number of nitrogens with two attached hydrogens (primary N) is 1. The van der Waals surface area contributed by atoms with Gasteiger partial charge in [0.1, 0.15) is 18.2 Å². The van der Waals surface area contributed by atoms with Crippen molar-refractivity contribution in [1.82, 2.24) is 18.7 Å². The minimum absolute atomic E-state index is 0.0382. The second-order valence-corrected chi connectivity index (χ2v) is 8.23. The lowest BCUT2D eigenvalue weighted by molar-refractivity contribution is -0.140. The van der Waals surface area contributed by atoms with Crippen molar-refractivity contribution in [3.8, 4) is 0 Å². The van der Waals surface area contributed by atoms with Gasteiger partial charge < -0.3 is 30.6 Å². The summed E-state index contributed by atoms with van der Waals surface area (Å²) < 4.78 is 14.1. The highest BCUT2D eigenvalue weighted by Crippen LogP contribution is 2.37. The number of rotatable bonds is 10. The molecule has 162 valence electrons. The molecule has 3 heterocycles. The molecule has 1 aromatic heterocycles. The molecule has 0 aliphatic carbocycles. The molecule has 0 radical (unpaired) electrons. The van der Waals surface area contributed by atoms with Crippen molar-refractivity contribution in [2.75, 3.05) is 49.9 Å². The molecule has 2 unspecified atom stereocenters. The number of carbonyl (C=O) groups excluding carboxylic acids is 1. The van der Waals surface area contributed by atoms with Gasteiger partial charge >= 0.3 is 5.97 Å². The molecule has 0 amide bonds. The third-order valence-electron chi connectivity index (χ3n) is 4.89. The number of nitrogens with one attached hydrogen (secondary N) is 1. The number of hydroxylamine groups is 1. The number of nitrogens with zero attached hydrogens (tertiary/aromatic N) is 5. The number of anilines is 3. The van der Waals surface area contributed by atoms with Crippen LogP contribution in [0.25, 0.3) is 0 Å². The summed E-state index contributed by atoms with van der Waals surface area (Å²) in [6.07, 6.45) is 5.17. The van der Waals surface area contributed by atoms with Gasteiger partial charge in [-0.3, -0.25) is 4.79 Å². The fourth-order valence-corrected chi connectivity index (χ4v) is 4.30. The number of unbranched alkanes of at least 4 members (excludes halogenated alkanes) is 1. The predicted molar refractivity (Wildman–Crippen MR) is 110 cm³/mol. The normalized spacial score (nSPS) is 20.9. The maximum Gasteiger partial charge on any atom is 0.305 e. The summed E-state index contributed by atoms with van der Waals surface area (Å²) in [7, 11) is 2.98. The fourth-order valence-electron chi connectivity index (χ4n) is 3.52. The Balaban J connectivity index is 1.50. The number of hydrogen-bond acceptors (Lipinski definition) is 12. The molecule has 1 fully saturated rings. The van der Waals surface area contributed by atoms with E-state index in [4.69, 9.17) is 10.5 Å². The Morgan fingerprint density at radius 3 is 3.07 bits per heavy atom. The number of aromatic nitrogens is 2. The maximum absolute atomic E-state index is 11.2. The third kappa shape index (κ3) is 5.82. The summed E-state index contributed by atoms with van der Waals surface area (Å²) in [6, 6.07) is 0. The lowest BCUT2D eigenvalue weighted by atomic mass is 10.2. The van der Waals surface area contributed by atoms with Crippen LogP contribution in [0, 0.1) is 0 Å². The molecule has 4 N–H and O–H groups in total. The number of hydrogen-bond donors (Lipinski definition) is 3. The smallest absolute Gasteiger partial charge is 0.305 e. The number of nitrogen functional groups attached to an aromatic ring is 1. The average molecular weight is 428 g/mol. The van der Waals surface area contributed by atoms with Gasteiger partial charge in [0.15, 0.2) is 11.6 Å². The number of esters is 1. The highest BCUT2D eigenvalue weighted by Gasteiger charge is 2.36.